The maximum Gasteiger partial charge on any atom is 0.225 e. The van der Waals surface area contributed by atoms with Gasteiger partial charge in [0.1, 0.15) is 5.82 Å². The standard InChI is InChI=1S/C12H16N2O/c1-8-7-9(2)13-12-11(8)5-4-6-14(12)10(3)15/h7H,4-6H2,1-3H3. The van der Waals surface area contributed by atoms with E-state index >= 15 is 0 Å². The van der Waals surface area contributed by atoms with Crippen molar-refractivity contribution >= 4 is 11.7 Å². The van der Waals surface area contributed by atoms with Crippen molar-refractivity contribution in [2.45, 2.75) is 33.6 Å². The summed E-state index contributed by atoms with van der Waals surface area (Å²) in [4.78, 5) is 17.7. The van der Waals surface area contributed by atoms with E-state index in [2.05, 4.69) is 18.0 Å². The van der Waals surface area contributed by atoms with E-state index in [4.69, 9.17) is 0 Å². The second kappa shape index (κ2) is 3.65. The zero-order chi connectivity index (χ0) is 11.0. The van der Waals surface area contributed by atoms with Gasteiger partial charge in [-0.2, -0.15) is 0 Å². The van der Waals surface area contributed by atoms with Gasteiger partial charge in [0, 0.05) is 19.2 Å². The average molecular weight is 204 g/mol. The Morgan fingerprint density at radius 1 is 1.47 bits per heavy atom. The lowest BCUT2D eigenvalue weighted by molar-refractivity contribution is -0.116. The number of hydrogen-bond donors (Lipinski definition) is 0. The first-order valence-electron chi connectivity index (χ1n) is 5.35. The van der Waals surface area contributed by atoms with Crippen LogP contribution in [-0.2, 0) is 11.2 Å². The SMILES string of the molecule is CC(=O)N1CCCc2c(C)cc(C)nc21. The smallest absolute Gasteiger partial charge is 0.225 e. The largest absolute Gasteiger partial charge is 0.297 e. The molecule has 0 fully saturated rings. The maximum atomic E-state index is 11.5. The van der Waals surface area contributed by atoms with Crippen LogP contribution in [-0.4, -0.2) is 17.4 Å². The van der Waals surface area contributed by atoms with Gasteiger partial charge in [0.15, 0.2) is 0 Å². The van der Waals surface area contributed by atoms with Crippen molar-refractivity contribution in [1.29, 1.82) is 0 Å². The second-order valence-electron chi connectivity index (χ2n) is 4.16. The quantitative estimate of drug-likeness (QED) is 0.647. The third-order valence-electron chi connectivity index (χ3n) is 2.90. The molecule has 1 aromatic rings. The molecule has 0 spiro atoms. The number of hydrogen-bond acceptors (Lipinski definition) is 2. The monoisotopic (exact) mass is 204 g/mol. The fourth-order valence-corrected chi connectivity index (χ4v) is 2.20. The first-order valence-corrected chi connectivity index (χ1v) is 5.35. The zero-order valence-electron chi connectivity index (χ0n) is 9.50. The normalized spacial score (nSPS) is 15.0. The van der Waals surface area contributed by atoms with Gasteiger partial charge >= 0.3 is 0 Å². The molecule has 0 bridgehead atoms. The maximum absolute atomic E-state index is 11.5. The van der Waals surface area contributed by atoms with Gasteiger partial charge in [-0.25, -0.2) is 4.98 Å². The highest BCUT2D eigenvalue weighted by Crippen LogP contribution is 2.28. The number of rotatable bonds is 0. The van der Waals surface area contributed by atoms with Gasteiger partial charge in [0.25, 0.3) is 0 Å². The summed E-state index contributed by atoms with van der Waals surface area (Å²) in [5.74, 6) is 0.972. The Bertz CT molecular complexity index is 412. The first-order chi connectivity index (χ1) is 7.09. The van der Waals surface area contributed by atoms with Crippen LogP contribution in [0.3, 0.4) is 0 Å². The molecule has 3 nitrogen and oxygen atoms in total. The molecule has 15 heavy (non-hydrogen) atoms. The molecule has 0 atom stereocenters. The van der Waals surface area contributed by atoms with Crippen molar-refractivity contribution < 1.29 is 4.79 Å². The lowest BCUT2D eigenvalue weighted by Gasteiger charge is -2.28. The fraction of sp³-hybridized carbons (Fsp3) is 0.500. The predicted octanol–water partition coefficient (Wildman–Crippen LogP) is 2.00. The van der Waals surface area contributed by atoms with Crippen molar-refractivity contribution in [3.8, 4) is 0 Å². The Balaban J connectivity index is 2.55. The number of amides is 1. The number of pyridine rings is 1. The van der Waals surface area contributed by atoms with Crippen molar-refractivity contribution in [1.82, 2.24) is 4.98 Å². The number of nitrogens with zero attached hydrogens (tertiary/aromatic N) is 2. The van der Waals surface area contributed by atoms with Crippen LogP contribution in [0.2, 0.25) is 0 Å². The molecule has 0 N–H and O–H groups in total. The zero-order valence-corrected chi connectivity index (χ0v) is 9.50. The van der Waals surface area contributed by atoms with Gasteiger partial charge in [-0.1, -0.05) is 0 Å². The van der Waals surface area contributed by atoms with Crippen LogP contribution >= 0.6 is 0 Å². The predicted molar refractivity (Wildman–Crippen MR) is 60.1 cm³/mol. The lowest BCUT2D eigenvalue weighted by atomic mass is 10.00. The van der Waals surface area contributed by atoms with Crippen LogP contribution in [0, 0.1) is 13.8 Å². The average Bonchev–Trinajstić information content (AvgIpc) is 2.16. The van der Waals surface area contributed by atoms with Crippen molar-refractivity contribution in [2.75, 3.05) is 11.4 Å². The molecular formula is C12H16N2O. The molecule has 0 saturated carbocycles. The first kappa shape index (κ1) is 10.1. The van der Waals surface area contributed by atoms with E-state index in [9.17, 15) is 4.79 Å². The number of carbonyl (C=O) groups excluding carboxylic acids is 1. The molecule has 1 aliphatic rings. The van der Waals surface area contributed by atoms with Gasteiger partial charge < -0.3 is 0 Å². The van der Waals surface area contributed by atoms with Gasteiger partial charge in [-0.05, 0) is 43.9 Å². The molecule has 0 aromatic carbocycles. The Kier molecular flexibility index (Phi) is 2.47. The molecule has 2 heterocycles. The van der Waals surface area contributed by atoms with Crippen LogP contribution < -0.4 is 4.90 Å². The molecule has 1 aromatic heterocycles. The molecule has 1 aliphatic heterocycles. The minimum atomic E-state index is 0.0912. The Labute approximate surface area is 90.1 Å². The summed E-state index contributed by atoms with van der Waals surface area (Å²) in [5.41, 5.74) is 3.48. The van der Waals surface area contributed by atoms with E-state index < -0.39 is 0 Å². The topological polar surface area (TPSA) is 33.2 Å². The highest BCUT2D eigenvalue weighted by Gasteiger charge is 2.22. The van der Waals surface area contributed by atoms with Crippen molar-refractivity contribution in [2.24, 2.45) is 0 Å². The molecule has 1 amide bonds. The molecule has 0 unspecified atom stereocenters. The molecule has 2 rings (SSSR count). The van der Waals surface area contributed by atoms with E-state index in [0.29, 0.717) is 0 Å². The van der Waals surface area contributed by atoms with E-state index in [0.717, 1.165) is 30.9 Å². The number of anilines is 1. The molecule has 0 radical (unpaired) electrons. The van der Waals surface area contributed by atoms with Crippen LogP contribution in [0.25, 0.3) is 0 Å². The van der Waals surface area contributed by atoms with E-state index in [1.54, 1.807) is 11.8 Å². The third kappa shape index (κ3) is 1.74. The van der Waals surface area contributed by atoms with E-state index in [-0.39, 0.29) is 5.91 Å². The summed E-state index contributed by atoms with van der Waals surface area (Å²) in [5, 5.41) is 0. The summed E-state index contributed by atoms with van der Waals surface area (Å²) >= 11 is 0. The summed E-state index contributed by atoms with van der Waals surface area (Å²) in [7, 11) is 0. The van der Waals surface area contributed by atoms with Gasteiger partial charge in [-0.3, -0.25) is 9.69 Å². The number of aromatic nitrogens is 1. The van der Waals surface area contributed by atoms with Gasteiger partial charge in [-0.15, -0.1) is 0 Å². The lowest BCUT2D eigenvalue weighted by Crippen LogP contribution is -2.34. The van der Waals surface area contributed by atoms with E-state index in [1.807, 2.05) is 6.92 Å². The highest BCUT2D eigenvalue weighted by molar-refractivity contribution is 5.91. The number of carbonyl (C=O) groups is 1. The van der Waals surface area contributed by atoms with Crippen molar-refractivity contribution in [3.05, 3.63) is 22.9 Å². The summed E-state index contributed by atoms with van der Waals surface area (Å²) in [6.45, 7) is 6.48. The third-order valence-corrected chi connectivity index (χ3v) is 2.90. The Morgan fingerprint density at radius 2 is 2.20 bits per heavy atom. The van der Waals surface area contributed by atoms with Crippen molar-refractivity contribution in [3.63, 3.8) is 0 Å². The van der Waals surface area contributed by atoms with Crippen LogP contribution in [0.4, 0.5) is 5.82 Å². The van der Waals surface area contributed by atoms with Gasteiger partial charge in [0.05, 0.1) is 0 Å². The highest BCUT2D eigenvalue weighted by atomic mass is 16.2. The summed E-state index contributed by atoms with van der Waals surface area (Å²) in [6, 6.07) is 2.09. The summed E-state index contributed by atoms with van der Waals surface area (Å²) in [6.07, 6.45) is 2.08. The van der Waals surface area contributed by atoms with Crippen LogP contribution in [0.15, 0.2) is 6.07 Å². The minimum absolute atomic E-state index is 0.0912. The summed E-state index contributed by atoms with van der Waals surface area (Å²) < 4.78 is 0. The minimum Gasteiger partial charge on any atom is -0.297 e. The number of aryl methyl sites for hydroxylation is 2. The number of fused-ring (bicyclic) bond motifs is 1. The molecule has 80 valence electrons. The van der Waals surface area contributed by atoms with Crippen LogP contribution in [0.1, 0.15) is 30.2 Å². The van der Waals surface area contributed by atoms with Gasteiger partial charge in [0.2, 0.25) is 5.91 Å². The Morgan fingerprint density at radius 3 is 2.87 bits per heavy atom. The Hall–Kier alpha value is -1.38. The molecule has 3 heteroatoms. The van der Waals surface area contributed by atoms with E-state index in [1.165, 1.54) is 11.1 Å². The second-order valence-corrected chi connectivity index (χ2v) is 4.16. The van der Waals surface area contributed by atoms with Crippen LogP contribution in [0.5, 0.6) is 0 Å². The molecule has 0 aliphatic carbocycles. The molecular weight excluding hydrogens is 188 g/mol. The molecule has 0 saturated heterocycles. The fourth-order valence-electron chi connectivity index (χ4n) is 2.20.